The van der Waals surface area contributed by atoms with Gasteiger partial charge in [-0.3, -0.25) is 0 Å². The van der Waals surface area contributed by atoms with Gasteiger partial charge in [0.15, 0.2) is 0 Å². The second-order valence-electron chi connectivity index (χ2n) is 6.82. The minimum Gasteiger partial charge on any atom is -0.497 e. The highest BCUT2D eigenvalue weighted by molar-refractivity contribution is 5.28. The van der Waals surface area contributed by atoms with Crippen molar-refractivity contribution in [1.29, 1.82) is 0 Å². The molecule has 1 aromatic rings. The molecular formula is C18H29NO2. The zero-order chi connectivity index (χ0) is 15.3. The van der Waals surface area contributed by atoms with Gasteiger partial charge in [0, 0.05) is 6.54 Å². The molecule has 0 aromatic heterocycles. The zero-order valence-corrected chi connectivity index (χ0v) is 13.8. The van der Waals surface area contributed by atoms with E-state index in [4.69, 9.17) is 9.47 Å². The van der Waals surface area contributed by atoms with Crippen LogP contribution < -0.4 is 10.1 Å². The molecule has 21 heavy (non-hydrogen) atoms. The fraction of sp³-hybridized carbons (Fsp3) is 0.667. The molecule has 0 saturated heterocycles. The first-order chi connectivity index (χ1) is 10.0. The van der Waals surface area contributed by atoms with Crippen molar-refractivity contribution in [2.45, 2.75) is 51.7 Å². The topological polar surface area (TPSA) is 30.5 Å². The Morgan fingerprint density at radius 2 is 1.81 bits per heavy atom. The lowest BCUT2D eigenvalue weighted by molar-refractivity contribution is -0.0454. The van der Waals surface area contributed by atoms with Crippen molar-refractivity contribution in [3.63, 3.8) is 0 Å². The summed E-state index contributed by atoms with van der Waals surface area (Å²) in [5, 5.41) is 3.24. The molecule has 0 bridgehead atoms. The van der Waals surface area contributed by atoms with E-state index in [1.807, 2.05) is 19.2 Å². The van der Waals surface area contributed by atoms with Gasteiger partial charge in [-0.15, -0.1) is 0 Å². The van der Waals surface area contributed by atoms with E-state index >= 15 is 0 Å². The van der Waals surface area contributed by atoms with Crippen molar-refractivity contribution in [2.24, 2.45) is 5.41 Å². The molecule has 1 aliphatic carbocycles. The fourth-order valence-electron chi connectivity index (χ4n) is 2.99. The highest BCUT2D eigenvalue weighted by atomic mass is 16.5. The van der Waals surface area contributed by atoms with Crippen LogP contribution in [0, 0.1) is 5.41 Å². The molecule has 1 N–H and O–H groups in total. The van der Waals surface area contributed by atoms with Crippen molar-refractivity contribution < 1.29 is 9.47 Å². The Hall–Kier alpha value is -1.06. The highest BCUT2D eigenvalue weighted by Gasteiger charge is 2.29. The van der Waals surface area contributed by atoms with Crippen LogP contribution in [0.25, 0.3) is 0 Å². The quantitative estimate of drug-likeness (QED) is 0.861. The molecule has 0 heterocycles. The second kappa shape index (κ2) is 7.28. The summed E-state index contributed by atoms with van der Waals surface area (Å²) >= 11 is 0. The number of benzene rings is 1. The number of hydrogen-bond acceptors (Lipinski definition) is 3. The smallest absolute Gasteiger partial charge is 0.118 e. The maximum absolute atomic E-state index is 6.38. The molecule has 0 radical (unpaired) electrons. The number of ether oxygens (including phenoxy) is 2. The predicted octanol–water partition coefficient (Wildman–Crippen LogP) is 3.94. The van der Waals surface area contributed by atoms with Gasteiger partial charge in [-0.05, 0) is 55.8 Å². The van der Waals surface area contributed by atoms with Crippen LogP contribution in [0.4, 0.5) is 0 Å². The Morgan fingerprint density at radius 3 is 2.33 bits per heavy atom. The van der Waals surface area contributed by atoms with Gasteiger partial charge in [-0.25, -0.2) is 0 Å². The van der Waals surface area contributed by atoms with Crippen LogP contribution in [-0.2, 0) is 4.74 Å². The second-order valence-corrected chi connectivity index (χ2v) is 6.82. The molecule has 1 aromatic carbocycles. The molecule has 1 unspecified atom stereocenters. The number of hydrogen-bond donors (Lipinski definition) is 1. The van der Waals surface area contributed by atoms with Gasteiger partial charge in [0.05, 0.1) is 19.3 Å². The average molecular weight is 291 g/mol. The fourth-order valence-corrected chi connectivity index (χ4v) is 2.99. The lowest BCUT2D eigenvalue weighted by atomic mass is 9.76. The summed E-state index contributed by atoms with van der Waals surface area (Å²) in [7, 11) is 3.67. The minimum atomic E-state index is 0.118. The van der Waals surface area contributed by atoms with Crippen LogP contribution in [0.2, 0.25) is 0 Å². The summed E-state index contributed by atoms with van der Waals surface area (Å²) in [5.74, 6) is 0.890. The minimum absolute atomic E-state index is 0.118. The van der Waals surface area contributed by atoms with Crippen LogP contribution in [0.15, 0.2) is 24.3 Å². The van der Waals surface area contributed by atoms with E-state index in [1.165, 1.54) is 31.2 Å². The van der Waals surface area contributed by atoms with E-state index in [2.05, 4.69) is 31.3 Å². The summed E-state index contributed by atoms with van der Waals surface area (Å²) in [6.45, 7) is 5.56. The van der Waals surface area contributed by atoms with Gasteiger partial charge >= 0.3 is 0 Å². The number of nitrogens with one attached hydrogen (secondary N) is 1. The zero-order valence-electron chi connectivity index (χ0n) is 13.8. The largest absolute Gasteiger partial charge is 0.497 e. The monoisotopic (exact) mass is 291 g/mol. The van der Waals surface area contributed by atoms with E-state index in [1.54, 1.807) is 7.11 Å². The number of likely N-dealkylation sites (N-methyl/N-ethyl adjacent to an activating group) is 1. The molecule has 3 heteroatoms. The molecule has 0 amide bonds. The summed E-state index contributed by atoms with van der Waals surface area (Å²) in [5.41, 5.74) is 1.70. The highest BCUT2D eigenvalue weighted by Crippen LogP contribution is 2.37. The molecule has 1 aliphatic rings. The van der Waals surface area contributed by atoms with Gasteiger partial charge in [-0.1, -0.05) is 26.0 Å². The Kier molecular flexibility index (Phi) is 5.65. The predicted molar refractivity (Wildman–Crippen MR) is 86.8 cm³/mol. The van der Waals surface area contributed by atoms with Crippen LogP contribution in [0.1, 0.15) is 51.2 Å². The van der Waals surface area contributed by atoms with Gasteiger partial charge in [0.25, 0.3) is 0 Å². The lowest BCUT2D eigenvalue weighted by Gasteiger charge is -2.36. The third-order valence-electron chi connectivity index (χ3n) is 4.52. The van der Waals surface area contributed by atoms with Crippen LogP contribution in [0.3, 0.4) is 0 Å². The molecule has 2 rings (SSSR count). The number of methoxy groups -OCH3 is 1. The molecule has 0 aliphatic heterocycles. The van der Waals surface area contributed by atoms with Crippen LogP contribution >= 0.6 is 0 Å². The van der Waals surface area contributed by atoms with Crippen molar-refractivity contribution >= 4 is 0 Å². The molecule has 1 fully saturated rings. The third kappa shape index (κ3) is 4.72. The SMILES string of the molecule is CNCC(OC1CCC(C)(C)CC1)c1ccc(OC)cc1. The van der Waals surface area contributed by atoms with Crippen molar-refractivity contribution in [2.75, 3.05) is 20.7 Å². The maximum atomic E-state index is 6.38. The van der Waals surface area contributed by atoms with E-state index in [0.29, 0.717) is 11.5 Å². The number of rotatable bonds is 6. The summed E-state index contributed by atoms with van der Waals surface area (Å²) in [4.78, 5) is 0. The third-order valence-corrected chi connectivity index (χ3v) is 4.52. The Bertz CT molecular complexity index is 417. The molecule has 1 saturated carbocycles. The van der Waals surface area contributed by atoms with Gasteiger partial charge in [-0.2, -0.15) is 0 Å². The summed E-state index contributed by atoms with van der Waals surface area (Å²) < 4.78 is 11.6. The standard InChI is InChI=1S/C18H29NO2/c1-18(2)11-9-16(10-12-18)21-17(13-19-3)14-5-7-15(20-4)8-6-14/h5-8,16-17,19H,9-13H2,1-4H3. The first kappa shape index (κ1) is 16.3. The Morgan fingerprint density at radius 1 is 1.19 bits per heavy atom. The normalized spacial score (nSPS) is 20.2. The Labute approximate surface area is 129 Å². The molecule has 118 valence electrons. The average Bonchev–Trinajstić information content (AvgIpc) is 2.49. The summed E-state index contributed by atoms with van der Waals surface area (Å²) in [6.07, 6.45) is 5.36. The molecule has 3 nitrogen and oxygen atoms in total. The van der Waals surface area contributed by atoms with Crippen molar-refractivity contribution in [3.8, 4) is 5.75 Å². The van der Waals surface area contributed by atoms with Gasteiger partial charge in [0.2, 0.25) is 0 Å². The molecule has 1 atom stereocenters. The lowest BCUT2D eigenvalue weighted by Crippen LogP contribution is -2.30. The first-order valence-corrected chi connectivity index (χ1v) is 7.98. The molecular weight excluding hydrogens is 262 g/mol. The Balaban J connectivity index is 1.98. The van der Waals surface area contributed by atoms with Crippen molar-refractivity contribution in [1.82, 2.24) is 5.32 Å². The summed E-state index contributed by atoms with van der Waals surface area (Å²) in [6, 6.07) is 8.22. The van der Waals surface area contributed by atoms with E-state index in [9.17, 15) is 0 Å². The first-order valence-electron chi connectivity index (χ1n) is 7.98. The van der Waals surface area contributed by atoms with E-state index in [-0.39, 0.29) is 6.10 Å². The van der Waals surface area contributed by atoms with Gasteiger partial charge < -0.3 is 14.8 Å². The van der Waals surface area contributed by atoms with E-state index < -0.39 is 0 Å². The van der Waals surface area contributed by atoms with Gasteiger partial charge in [0.1, 0.15) is 5.75 Å². The molecule has 0 spiro atoms. The van der Waals surface area contributed by atoms with E-state index in [0.717, 1.165) is 12.3 Å². The van der Waals surface area contributed by atoms with Crippen LogP contribution in [-0.4, -0.2) is 26.8 Å². The maximum Gasteiger partial charge on any atom is 0.118 e. The van der Waals surface area contributed by atoms with Crippen LogP contribution in [0.5, 0.6) is 5.75 Å². The van der Waals surface area contributed by atoms with Crippen molar-refractivity contribution in [3.05, 3.63) is 29.8 Å².